The van der Waals surface area contributed by atoms with E-state index in [0.29, 0.717) is 35.8 Å². The number of aliphatic imine (C=N–C) groups is 1. The third kappa shape index (κ3) is 5.24. The Bertz CT molecular complexity index is 1190. The third-order valence-corrected chi connectivity index (χ3v) is 10.3. The van der Waals surface area contributed by atoms with E-state index in [0.717, 1.165) is 75.8 Å². The van der Waals surface area contributed by atoms with Gasteiger partial charge in [0.1, 0.15) is 11.6 Å². The van der Waals surface area contributed by atoms with Crippen molar-refractivity contribution in [3.63, 3.8) is 0 Å². The zero-order chi connectivity index (χ0) is 27.3. The predicted molar refractivity (Wildman–Crippen MR) is 157 cm³/mol. The summed E-state index contributed by atoms with van der Waals surface area (Å²) in [4.78, 5) is 10.3. The molecule has 5 unspecified atom stereocenters. The first-order valence-corrected chi connectivity index (χ1v) is 15.3. The van der Waals surface area contributed by atoms with E-state index >= 15 is 0 Å². The van der Waals surface area contributed by atoms with E-state index in [4.69, 9.17) is 24.3 Å². The summed E-state index contributed by atoms with van der Waals surface area (Å²) >= 11 is 0. The molecule has 3 aliphatic heterocycles. The van der Waals surface area contributed by atoms with Crippen LogP contribution in [0.2, 0.25) is 0 Å². The number of hydrazone groups is 1. The Morgan fingerprint density at radius 2 is 1.95 bits per heavy atom. The summed E-state index contributed by atoms with van der Waals surface area (Å²) in [5.74, 6) is 3.73. The number of hydrogen-bond acceptors (Lipinski definition) is 7. The maximum atomic E-state index is 6.20. The van der Waals surface area contributed by atoms with Crippen LogP contribution in [0, 0.1) is 23.2 Å². The lowest BCUT2D eigenvalue weighted by Crippen LogP contribution is -2.40. The van der Waals surface area contributed by atoms with Crippen LogP contribution >= 0.6 is 0 Å². The number of nitrogens with zero attached hydrogens (tertiary/aromatic N) is 4. The Hall–Kier alpha value is -2.26. The van der Waals surface area contributed by atoms with Gasteiger partial charge in [-0.3, -0.25) is 10.4 Å². The summed E-state index contributed by atoms with van der Waals surface area (Å²) in [6.07, 6.45) is 18.3. The summed E-state index contributed by atoms with van der Waals surface area (Å²) < 4.78 is 17.6. The maximum absolute atomic E-state index is 6.20. The maximum Gasteiger partial charge on any atom is 0.145 e. The van der Waals surface area contributed by atoms with Crippen LogP contribution in [0.25, 0.3) is 0 Å². The van der Waals surface area contributed by atoms with E-state index in [2.05, 4.69) is 52.7 Å². The van der Waals surface area contributed by atoms with Crippen molar-refractivity contribution in [2.45, 2.75) is 50.2 Å². The molecule has 40 heavy (non-hydrogen) atoms. The number of fused-ring (bicyclic) bond motifs is 4. The van der Waals surface area contributed by atoms with E-state index < -0.39 is 0 Å². The van der Waals surface area contributed by atoms with Crippen molar-refractivity contribution in [1.82, 2.24) is 15.2 Å². The molecule has 1 N–H and O–H groups in total. The van der Waals surface area contributed by atoms with Crippen LogP contribution in [0.1, 0.15) is 38.5 Å². The van der Waals surface area contributed by atoms with Gasteiger partial charge in [-0.15, -0.1) is 0 Å². The second kappa shape index (κ2) is 10.5. The standard InChI is InChI=1S/C32H45N5O3/c1-36-9-5-22(18-36)19-40-28-4-8-31(16-25(31)14-28)21-37-10-6-27(7-11-37)33-30-24-12-23(29(20-38-2)34-35-30)13-26-17-32(26,15-24)39-3/h4,8,13-15,22,25-27H,5-7,9-12,16-21H2,1-3H3,(H,33,35). The van der Waals surface area contributed by atoms with Crippen molar-refractivity contribution in [3.8, 4) is 0 Å². The van der Waals surface area contributed by atoms with Crippen LogP contribution in [-0.2, 0) is 14.2 Å². The van der Waals surface area contributed by atoms with Crippen molar-refractivity contribution in [1.29, 1.82) is 0 Å². The molecule has 4 aliphatic carbocycles. The van der Waals surface area contributed by atoms with Crippen LogP contribution in [0.4, 0.5) is 0 Å². The number of hydrogen-bond donors (Lipinski definition) is 1. The van der Waals surface area contributed by atoms with Crippen molar-refractivity contribution < 1.29 is 14.2 Å². The Kier molecular flexibility index (Phi) is 7.01. The van der Waals surface area contributed by atoms with Gasteiger partial charge in [0.05, 0.1) is 30.6 Å². The highest BCUT2D eigenvalue weighted by atomic mass is 16.5. The molecule has 8 heteroatoms. The zero-order valence-electron chi connectivity index (χ0n) is 24.4. The molecule has 2 saturated carbocycles. The largest absolute Gasteiger partial charge is 0.494 e. The van der Waals surface area contributed by atoms with E-state index in [1.165, 1.54) is 30.5 Å². The van der Waals surface area contributed by atoms with Crippen molar-refractivity contribution in [2.24, 2.45) is 33.3 Å². The van der Waals surface area contributed by atoms with Gasteiger partial charge in [-0.2, -0.15) is 5.10 Å². The third-order valence-electron chi connectivity index (χ3n) is 10.3. The molecule has 0 spiro atoms. The number of piperidine rings is 1. The number of ether oxygens (including phenoxy) is 3. The van der Waals surface area contributed by atoms with Gasteiger partial charge in [0, 0.05) is 64.1 Å². The van der Waals surface area contributed by atoms with Gasteiger partial charge < -0.3 is 24.0 Å². The molecule has 7 rings (SSSR count). The second-order valence-corrected chi connectivity index (χ2v) is 13.3. The Balaban J connectivity index is 0.947. The van der Waals surface area contributed by atoms with E-state index in [9.17, 15) is 0 Å². The van der Waals surface area contributed by atoms with Crippen LogP contribution in [0.5, 0.6) is 0 Å². The predicted octanol–water partition coefficient (Wildman–Crippen LogP) is 3.54. The lowest BCUT2D eigenvalue weighted by molar-refractivity contribution is 0.112. The van der Waals surface area contributed by atoms with Gasteiger partial charge in [-0.1, -0.05) is 12.2 Å². The van der Waals surface area contributed by atoms with E-state index in [1.54, 1.807) is 7.11 Å². The molecule has 0 aromatic rings. The summed E-state index contributed by atoms with van der Waals surface area (Å²) in [6, 6.07) is 0.312. The van der Waals surface area contributed by atoms with Crippen LogP contribution < -0.4 is 5.43 Å². The molecule has 7 aliphatic rings. The van der Waals surface area contributed by atoms with Crippen LogP contribution in [0.3, 0.4) is 0 Å². The first-order valence-electron chi connectivity index (χ1n) is 15.3. The van der Waals surface area contributed by atoms with E-state index in [-0.39, 0.29) is 5.60 Å². The number of likely N-dealkylation sites (tertiary alicyclic amines) is 2. The number of nitrogens with one attached hydrogen (secondary N) is 1. The molecule has 4 fully saturated rings. The molecule has 3 heterocycles. The molecule has 216 valence electrons. The normalized spacial score (nSPS) is 38.3. The average molecular weight is 548 g/mol. The quantitative estimate of drug-likeness (QED) is 0.476. The van der Waals surface area contributed by atoms with Gasteiger partial charge in [-0.05, 0) is 81.0 Å². The molecular weight excluding hydrogens is 502 g/mol. The molecule has 0 radical (unpaired) electrons. The summed E-state index contributed by atoms with van der Waals surface area (Å²) in [7, 11) is 5.76. The average Bonchev–Trinajstić information content (AvgIpc) is 3.82. The minimum absolute atomic E-state index is 0.182. The van der Waals surface area contributed by atoms with Gasteiger partial charge in [0.15, 0.2) is 0 Å². The molecule has 0 aromatic heterocycles. The number of rotatable bonds is 9. The highest BCUT2D eigenvalue weighted by molar-refractivity contribution is 6.09. The first-order chi connectivity index (χ1) is 19.5. The Labute approximate surface area is 238 Å². The monoisotopic (exact) mass is 547 g/mol. The van der Waals surface area contributed by atoms with Gasteiger partial charge in [0.2, 0.25) is 0 Å². The molecule has 0 aromatic carbocycles. The lowest BCUT2D eigenvalue weighted by atomic mass is 9.96. The van der Waals surface area contributed by atoms with Crippen molar-refractivity contribution >= 4 is 11.5 Å². The molecule has 5 atom stereocenters. The fourth-order valence-electron chi connectivity index (χ4n) is 7.57. The molecule has 8 nitrogen and oxygen atoms in total. The fraction of sp³-hybridized carbons (Fsp3) is 0.688. The molecular formula is C32H45N5O3. The van der Waals surface area contributed by atoms with Crippen LogP contribution in [-0.4, -0.2) is 100 Å². The van der Waals surface area contributed by atoms with Crippen LogP contribution in [0.15, 0.2) is 57.4 Å². The molecule has 2 saturated heterocycles. The van der Waals surface area contributed by atoms with Gasteiger partial charge in [0.25, 0.3) is 0 Å². The smallest absolute Gasteiger partial charge is 0.145 e. The number of allylic oxidation sites excluding steroid dienone is 2. The summed E-state index contributed by atoms with van der Waals surface area (Å²) in [6.45, 7) is 7.05. The first kappa shape index (κ1) is 26.6. The SMILES string of the molecule is COCC1=NNC(=NC2CCN(CC34C=CC(OCC5CCN(C)C5)=CC3C4)CC2)C2=CC3(OC)CC3C=C1C2. The lowest BCUT2D eigenvalue weighted by Gasteiger charge is -2.33. The topological polar surface area (TPSA) is 70.9 Å². The highest BCUT2D eigenvalue weighted by Gasteiger charge is 2.54. The second-order valence-electron chi connectivity index (χ2n) is 13.3. The van der Waals surface area contributed by atoms with Crippen molar-refractivity contribution in [3.05, 3.63) is 47.3 Å². The summed E-state index contributed by atoms with van der Waals surface area (Å²) in [5.41, 5.74) is 6.88. The highest BCUT2D eigenvalue weighted by Crippen LogP contribution is 2.58. The molecule has 2 bridgehead atoms. The van der Waals surface area contributed by atoms with Gasteiger partial charge in [-0.25, -0.2) is 0 Å². The Morgan fingerprint density at radius 3 is 2.70 bits per heavy atom. The zero-order valence-corrected chi connectivity index (χ0v) is 24.4. The number of amidine groups is 1. The Morgan fingerprint density at radius 1 is 1.07 bits per heavy atom. The number of methoxy groups -OCH3 is 2. The van der Waals surface area contributed by atoms with Crippen molar-refractivity contribution in [2.75, 3.05) is 67.2 Å². The minimum atomic E-state index is -0.182. The van der Waals surface area contributed by atoms with E-state index in [1.807, 2.05) is 7.11 Å². The van der Waals surface area contributed by atoms with Gasteiger partial charge >= 0.3 is 0 Å². The molecule has 0 amide bonds. The fourth-order valence-corrected chi connectivity index (χ4v) is 7.57. The minimum Gasteiger partial charge on any atom is -0.494 e. The summed E-state index contributed by atoms with van der Waals surface area (Å²) in [5, 5.41) is 4.72.